The molecule has 5 nitrogen and oxygen atoms in total. The third-order valence-electron chi connectivity index (χ3n) is 1.77. The number of carbonyl (C=O) groups is 1. The van der Waals surface area contributed by atoms with Crippen LogP contribution in [0.15, 0.2) is 0 Å². The minimum absolute atomic E-state index is 0.268. The van der Waals surface area contributed by atoms with E-state index >= 15 is 0 Å². The Morgan fingerprint density at radius 3 is 2.12 bits per heavy atom. The average molecular weight is 252 g/mol. The number of hydrogen-bond acceptors (Lipinski definition) is 5. The fraction of sp³-hybridized carbons (Fsp3) is 0.900. The van der Waals surface area contributed by atoms with Gasteiger partial charge < -0.3 is 13.8 Å². The van der Waals surface area contributed by atoms with Crippen LogP contribution in [0.4, 0.5) is 0 Å². The molecule has 0 aliphatic rings. The fourth-order valence-electron chi connectivity index (χ4n) is 1.05. The molecule has 96 valence electrons. The van der Waals surface area contributed by atoms with E-state index in [1.165, 1.54) is 0 Å². The maximum absolute atomic E-state index is 11.9. The van der Waals surface area contributed by atoms with E-state index < -0.39 is 7.60 Å². The summed E-state index contributed by atoms with van der Waals surface area (Å²) in [5.74, 6) is -0.360. The highest BCUT2D eigenvalue weighted by molar-refractivity contribution is 7.53. The van der Waals surface area contributed by atoms with Gasteiger partial charge in [0.2, 0.25) is 0 Å². The van der Waals surface area contributed by atoms with E-state index in [0.29, 0.717) is 6.42 Å². The van der Waals surface area contributed by atoms with Crippen molar-refractivity contribution in [3.05, 3.63) is 0 Å². The van der Waals surface area contributed by atoms with E-state index in [9.17, 15) is 9.36 Å². The molecule has 16 heavy (non-hydrogen) atoms. The van der Waals surface area contributed by atoms with Crippen LogP contribution in [0.25, 0.3) is 0 Å². The predicted octanol–water partition coefficient (Wildman–Crippen LogP) is 2.94. The van der Waals surface area contributed by atoms with E-state index in [4.69, 9.17) is 13.8 Å². The number of hydrogen-bond donors (Lipinski definition) is 0. The molecule has 0 spiro atoms. The second kappa shape index (κ2) is 8.74. The minimum Gasteiger partial charge on any atom is -0.453 e. The molecule has 0 rings (SSSR count). The third kappa shape index (κ3) is 6.99. The number of unbranched alkanes of at least 4 members (excludes halogenated alkanes) is 1. The van der Waals surface area contributed by atoms with Gasteiger partial charge >= 0.3 is 13.6 Å². The van der Waals surface area contributed by atoms with Gasteiger partial charge in [0.15, 0.2) is 6.35 Å². The molecule has 0 N–H and O–H groups in total. The van der Waals surface area contributed by atoms with Crippen molar-refractivity contribution in [2.24, 2.45) is 0 Å². The Kier molecular flexibility index (Phi) is 8.53. The molecular weight excluding hydrogens is 231 g/mol. The molecule has 0 amide bonds. The van der Waals surface area contributed by atoms with Crippen LogP contribution in [0.3, 0.4) is 0 Å². The van der Waals surface area contributed by atoms with Gasteiger partial charge in [-0.3, -0.25) is 9.36 Å². The number of rotatable bonds is 9. The van der Waals surface area contributed by atoms with Gasteiger partial charge in [0.1, 0.15) is 0 Å². The summed E-state index contributed by atoms with van der Waals surface area (Å²) in [4.78, 5) is 11.2. The first kappa shape index (κ1) is 15.6. The summed E-state index contributed by atoms with van der Waals surface area (Å²) in [6.07, 6.45) is 1.74. The van der Waals surface area contributed by atoms with Crippen molar-refractivity contribution in [3.8, 4) is 0 Å². The lowest BCUT2D eigenvalue weighted by atomic mass is 10.3. The molecular formula is C10H21O5P. The molecule has 0 aromatic rings. The van der Waals surface area contributed by atoms with E-state index in [1.54, 1.807) is 13.8 Å². The molecule has 0 fully saturated rings. The van der Waals surface area contributed by atoms with E-state index in [2.05, 4.69) is 0 Å². The molecule has 0 atom stereocenters. The van der Waals surface area contributed by atoms with Gasteiger partial charge in [-0.15, -0.1) is 0 Å². The van der Waals surface area contributed by atoms with Crippen molar-refractivity contribution >= 4 is 13.6 Å². The summed E-state index contributed by atoms with van der Waals surface area (Å²) in [5, 5.41) is 0. The number of ether oxygens (including phenoxy) is 1. The molecule has 0 unspecified atom stereocenters. The second-order valence-electron chi connectivity index (χ2n) is 3.20. The Bertz CT molecular complexity index is 231. The smallest absolute Gasteiger partial charge is 0.367 e. The Balaban J connectivity index is 4.01. The minimum atomic E-state index is -3.25. The molecule has 0 saturated heterocycles. The maximum atomic E-state index is 11.9. The average Bonchev–Trinajstić information content (AvgIpc) is 2.24. The third-order valence-corrected chi connectivity index (χ3v) is 3.52. The van der Waals surface area contributed by atoms with Crippen LogP contribution < -0.4 is 0 Å². The lowest BCUT2D eigenvalue weighted by molar-refractivity contribution is -0.142. The van der Waals surface area contributed by atoms with E-state index in [1.807, 2.05) is 6.92 Å². The SMILES string of the molecule is CCCCC(=O)OCP(=O)(OCC)OCC. The summed E-state index contributed by atoms with van der Waals surface area (Å²) in [5.41, 5.74) is 0. The number of carbonyl (C=O) groups excluding carboxylic acids is 1. The quantitative estimate of drug-likeness (QED) is 0.466. The summed E-state index contributed by atoms with van der Waals surface area (Å²) in [7, 11) is -3.25. The maximum Gasteiger partial charge on any atom is 0.367 e. The Morgan fingerprint density at radius 1 is 1.12 bits per heavy atom. The van der Waals surface area contributed by atoms with Crippen LogP contribution in [0.2, 0.25) is 0 Å². The zero-order valence-corrected chi connectivity index (χ0v) is 11.1. The van der Waals surface area contributed by atoms with Gasteiger partial charge in [-0.05, 0) is 20.3 Å². The predicted molar refractivity (Wildman–Crippen MR) is 61.3 cm³/mol. The van der Waals surface area contributed by atoms with Gasteiger partial charge in [-0.1, -0.05) is 13.3 Å². The standard InChI is InChI=1S/C10H21O5P/c1-4-7-8-10(11)13-9-16(12,14-5-2)15-6-3/h4-9H2,1-3H3. The van der Waals surface area contributed by atoms with Gasteiger partial charge in [0.05, 0.1) is 13.2 Å². The molecule has 0 heterocycles. The summed E-state index contributed by atoms with van der Waals surface area (Å²) < 4.78 is 26.7. The highest BCUT2D eigenvalue weighted by Gasteiger charge is 2.25. The Hall–Kier alpha value is -0.380. The first-order valence-electron chi connectivity index (χ1n) is 5.61. The normalized spacial score (nSPS) is 11.4. The van der Waals surface area contributed by atoms with Crippen molar-refractivity contribution in [2.45, 2.75) is 40.0 Å². The van der Waals surface area contributed by atoms with Crippen LogP contribution in [0, 0.1) is 0 Å². The van der Waals surface area contributed by atoms with Crippen LogP contribution >= 0.6 is 7.60 Å². The summed E-state index contributed by atoms with van der Waals surface area (Å²) in [6.45, 7) is 5.95. The second-order valence-corrected chi connectivity index (χ2v) is 5.19. The fourth-order valence-corrected chi connectivity index (χ4v) is 2.36. The number of esters is 1. The Morgan fingerprint density at radius 2 is 1.69 bits per heavy atom. The van der Waals surface area contributed by atoms with Crippen LogP contribution in [-0.2, 0) is 23.1 Å². The molecule has 0 aromatic heterocycles. The van der Waals surface area contributed by atoms with Crippen LogP contribution in [0.1, 0.15) is 40.0 Å². The van der Waals surface area contributed by atoms with Crippen molar-refractivity contribution in [1.82, 2.24) is 0 Å². The van der Waals surface area contributed by atoms with Gasteiger partial charge in [-0.25, -0.2) is 0 Å². The molecule has 0 radical (unpaired) electrons. The lowest BCUT2D eigenvalue weighted by Gasteiger charge is -2.16. The lowest BCUT2D eigenvalue weighted by Crippen LogP contribution is -2.09. The van der Waals surface area contributed by atoms with E-state index in [0.717, 1.165) is 12.8 Å². The van der Waals surface area contributed by atoms with Crippen LogP contribution in [0.5, 0.6) is 0 Å². The molecule has 6 heteroatoms. The Labute approximate surface area is 97.0 Å². The highest BCUT2D eigenvalue weighted by atomic mass is 31.2. The van der Waals surface area contributed by atoms with Crippen molar-refractivity contribution in [2.75, 3.05) is 19.6 Å². The molecule has 0 bridgehead atoms. The zero-order chi connectivity index (χ0) is 12.4. The zero-order valence-electron chi connectivity index (χ0n) is 10.2. The van der Waals surface area contributed by atoms with Gasteiger partial charge in [0, 0.05) is 6.42 Å². The van der Waals surface area contributed by atoms with Gasteiger partial charge in [0.25, 0.3) is 0 Å². The van der Waals surface area contributed by atoms with Crippen LogP contribution in [-0.4, -0.2) is 25.5 Å². The van der Waals surface area contributed by atoms with Crippen molar-refractivity contribution in [3.63, 3.8) is 0 Å². The molecule has 0 saturated carbocycles. The van der Waals surface area contributed by atoms with Crippen molar-refractivity contribution < 1.29 is 23.1 Å². The monoisotopic (exact) mass is 252 g/mol. The van der Waals surface area contributed by atoms with Crippen molar-refractivity contribution in [1.29, 1.82) is 0 Å². The molecule has 0 aliphatic carbocycles. The molecule has 0 aliphatic heterocycles. The first-order valence-corrected chi connectivity index (χ1v) is 7.34. The topological polar surface area (TPSA) is 61.8 Å². The summed E-state index contributed by atoms with van der Waals surface area (Å²) >= 11 is 0. The largest absolute Gasteiger partial charge is 0.453 e. The van der Waals surface area contributed by atoms with E-state index in [-0.39, 0.29) is 25.5 Å². The first-order chi connectivity index (χ1) is 7.58. The van der Waals surface area contributed by atoms with Gasteiger partial charge in [-0.2, -0.15) is 0 Å². The molecule has 0 aromatic carbocycles. The summed E-state index contributed by atoms with van der Waals surface area (Å²) in [6, 6.07) is 0. The highest BCUT2D eigenvalue weighted by Crippen LogP contribution is 2.47.